The van der Waals surface area contributed by atoms with E-state index in [1.807, 2.05) is 0 Å². The Morgan fingerprint density at radius 3 is 0.231 bits per heavy atom. The Kier molecular flexibility index (Phi) is 3190. The third-order valence-electron chi connectivity index (χ3n) is 0. The molecule has 0 amide bonds. The van der Waals surface area contributed by atoms with Gasteiger partial charge in [-0.2, -0.15) is 0 Å². The Labute approximate surface area is 250 Å². The van der Waals surface area contributed by atoms with Gasteiger partial charge in [0.2, 0.25) is 0 Å². The van der Waals surface area contributed by atoms with Crippen LogP contribution in [0.1, 0.15) is 0 Å². The summed E-state index contributed by atoms with van der Waals surface area (Å²) in [4.78, 5) is 67.9. The van der Waals surface area contributed by atoms with E-state index in [9.17, 15) is 0 Å². The molecule has 0 aliphatic heterocycles. The van der Waals surface area contributed by atoms with Crippen molar-refractivity contribution in [3.8, 4) is 0 Å². The van der Waals surface area contributed by atoms with Crippen molar-refractivity contribution in [2.75, 3.05) is 0 Å². The summed E-state index contributed by atoms with van der Waals surface area (Å²) in [5, 5.41) is 0. The first-order chi connectivity index (χ1) is 6.93. The number of rotatable bonds is 0. The van der Waals surface area contributed by atoms with Crippen molar-refractivity contribution >= 4 is 33.0 Å². The van der Waals surface area contributed by atoms with Crippen LogP contribution in [0.2, 0.25) is 0 Å². The van der Waals surface area contributed by atoms with Gasteiger partial charge in [-0.05, 0) is 0 Å². The van der Waals surface area contributed by atoms with E-state index in [0.29, 0.717) is 0 Å². The molecule has 0 fully saturated rings. The van der Waals surface area contributed by atoms with Gasteiger partial charge in [-0.15, -0.1) is 0 Å². The molecule has 62 N–H and O–H groups in total. The van der Waals surface area contributed by atoms with Crippen molar-refractivity contribution in [2.24, 2.45) is 0 Å². The quantitative estimate of drug-likeness (QED) is 0.130. The van der Waals surface area contributed by atoms with Crippen LogP contribution in [0, 0.1) is 0 Å². The molecule has 0 aromatic carbocycles. The van der Waals surface area contributed by atoms with Crippen molar-refractivity contribution in [3.63, 3.8) is 0 Å². The van der Waals surface area contributed by atoms with Crippen molar-refractivity contribution in [3.05, 3.63) is 0 Å². The summed E-state index contributed by atoms with van der Waals surface area (Å²) in [6.45, 7) is 0. The minimum Gasteiger partial charge on any atom is -0.598 e. The molecule has 0 radical (unpaired) electrons. The summed E-state index contributed by atoms with van der Waals surface area (Å²) < 4.78 is 33.9. The standard InChI is InChI=1S/2H3N.3Ni.4HO3P.18H2O/c;;;;;4*1-4(2)3;;;;;;;;;;;;;;;;;;/h2*1H3;;;;4*(H,1,2,3);18*1H2/q;;3*+2;;;;;;;;;;;;;;;;;;;;;;/p+16. The number of hydrogen-bond donors (Lipinski definition) is 2. The van der Waals surface area contributed by atoms with E-state index in [1.165, 1.54) is 0 Å². The van der Waals surface area contributed by atoms with Gasteiger partial charge in [-0.25, -0.2) is 0 Å². The van der Waals surface area contributed by atoms with Crippen molar-refractivity contribution in [2.45, 2.75) is 0 Å². The second kappa shape index (κ2) is 339. The molecule has 280 valence electrons. The molecule has 39 heteroatoms. The molecule has 0 saturated heterocycles. The van der Waals surface area contributed by atoms with Crippen LogP contribution in [0.4, 0.5) is 0 Å². The Balaban J connectivity index is -0.00000000165. The van der Waals surface area contributed by atoms with Crippen LogP contribution >= 0.6 is 33.0 Å². The van der Waals surface area contributed by atoms with Crippen LogP contribution in [0.3, 0.4) is 0 Å². The molecular formula is H62N2Ni3O30P4+22. The summed E-state index contributed by atoms with van der Waals surface area (Å²) in [5.74, 6) is 0. The molecule has 0 unspecified atom stereocenters. The van der Waals surface area contributed by atoms with Gasteiger partial charge >= 0.3 is 49.5 Å². The summed E-state index contributed by atoms with van der Waals surface area (Å²) >= 11 is 0. The smallest absolute Gasteiger partial charge is 0.598 e. The van der Waals surface area contributed by atoms with E-state index in [4.69, 9.17) is 57.4 Å². The molecular weight excluding hydrogens is 808 g/mol. The Hall–Kier alpha value is 0.761. The molecule has 0 atom stereocenters. The molecule has 0 saturated carbocycles. The maximum Gasteiger partial charge on any atom is 2.00 e. The minimum absolute atomic E-state index is 0. The van der Waals surface area contributed by atoms with Crippen molar-refractivity contribution in [1.29, 1.82) is 0 Å². The average Bonchev–Trinajstić information content (AvgIpc) is 1.76. The van der Waals surface area contributed by atoms with E-state index in [-0.39, 0.29) is 160 Å². The normalized spacial score (nSPS) is 2.67. The van der Waals surface area contributed by atoms with Crippen LogP contribution in [-0.4, -0.2) is 0 Å². The van der Waals surface area contributed by atoms with Crippen molar-refractivity contribution in [1.82, 2.24) is 12.3 Å². The number of quaternary nitrogens is 2. The van der Waals surface area contributed by atoms with Gasteiger partial charge in [0.15, 0.2) is 0 Å². The van der Waals surface area contributed by atoms with Gasteiger partial charge < -0.3 is 150 Å². The van der Waals surface area contributed by atoms with Gasteiger partial charge in [0, 0.05) is 0 Å². The topological polar surface area (TPSA) is 920 Å². The van der Waals surface area contributed by atoms with Crippen LogP contribution < -0.4 is 51.4 Å². The Morgan fingerprint density at radius 2 is 0.231 bits per heavy atom. The van der Waals surface area contributed by atoms with E-state index >= 15 is 0 Å². The molecule has 0 spiro atoms. The first kappa shape index (κ1) is 367. The van der Waals surface area contributed by atoms with Crippen molar-refractivity contribution < 1.29 is 205 Å². The van der Waals surface area contributed by atoms with E-state index in [0.717, 1.165) is 0 Å². The zero-order chi connectivity index (χ0) is 14.3. The van der Waals surface area contributed by atoms with E-state index < -0.39 is 33.0 Å². The van der Waals surface area contributed by atoms with E-state index in [2.05, 4.69) is 0 Å². The average molecular weight is 870 g/mol. The van der Waals surface area contributed by atoms with E-state index in [1.54, 1.807) is 0 Å². The van der Waals surface area contributed by atoms with Crippen LogP contribution in [0.15, 0.2) is 0 Å². The SMILES string of the molecule is O=[P+]([O-])[O-].O=[P+]([O-])[O-].O=[P+]([O-])[O-].O=[P+]([O-])[O-].[NH4+].[NH4+].[Ni+2].[Ni+2].[Ni+2].[OH3+].[OH3+].[OH3+].[OH3+].[OH3+].[OH3+].[OH3+].[OH3+].[OH3+].[OH3+].[OH3+].[OH3+].[OH3+].[OH3+].[OH3+].[OH3+].[OH3+].[OH3+]. The maximum atomic E-state index is 8.48. The molecule has 0 aliphatic carbocycles. The minimum atomic E-state index is -3.37. The third kappa shape index (κ3) is 90600. The monoisotopic (exact) mass is 868 g/mol. The van der Waals surface area contributed by atoms with Crippen LogP contribution in [-0.2, 0) is 166 Å². The molecule has 0 aliphatic rings. The van der Waals surface area contributed by atoms with Gasteiger partial charge in [0.1, 0.15) is 0 Å². The molecule has 0 aromatic heterocycles. The molecule has 0 heterocycles. The van der Waals surface area contributed by atoms with Gasteiger partial charge in [-0.3, -0.25) is 0 Å². The number of hydrogen-bond acceptors (Lipinski definition) is 12. The zero-order valence-corrected chi connectivity index (χ0v) is 26.6. The van der Waals surface area contributed by atoms with Crippen LogP contribution in [0.5, 0.6) is 0 Å². The second-order valence-corrected chi connectivity index (χ2v) is 2.68. The molecule has 39 heavy (non-hydrogen) atoms. The third-order valence-corrected chi connectivity index (χ3v) is 0. The van der Waals surface area contributed by atoms with Gasteiger partial charge in [0.05, 0.1) is 0 Å². The Morgan fingerprint density at radius 1 is 0.231 bits per heavy atom. The fraction of sp³-hybridized carbons (Fsp3) is 0. The molecule has 0 aromatic rings. The predicted molar refractivity (Wildman–Crippen MR) is 130 cm³/mol. The summed E-state index contributed by atoms with van der Waals surface area (Å²) in [5.41, 5.74) is 0. The Bertz CT molecular complexity index is 184. The zero-order valence-electron chi connectivity index (χ0n) is 20.0. The van der Waals surface area contributed by atoms with Gasteiger partial charge in [-0.1, -0.05) is 18.3 Å². The first-order valence-electron chi connectivity index (χ1n) is 2.19. The predicted octanol–water partition coefficient (Wildman–Crippen LogP) is -22.4. The van der Waals surface area contributed by atoms with Crippen LogP contribution in [0.25, 0.3) is 0 Å². The summed E-state index contributed by atoms with van der Waals surface area (Å²) in [7, 11) is -13.5. The first-order valence-corrected chi connectivity index (χ1v) is 6.57. The fourth-order valence-corrected chi connectivity index (χ4v) is 0. The summed E-state index contributed by atoms with van der Waals surface area (Å²) in [6, 6.07) is 0. The fourth-order valence-electron chi connectivity index (χ4n) is 0. The molecule has 0 bridgehead atoms. The largest absolute Gasteiger partial charge is 2.00 e. The molecule has 0 rings (SSSR count). The summed E-state index contributed by atoms with van der Waals surface area (Å²) in [6.07, 6.45) is 0. The second-order valence-electron chi connectivity index (χ2n) is 0.894. The molecule has 32 nitrogen and oxygen atoms in total. The van der Waals surface area contributed by atoms with Gasteiger partial charge in [0.25, 0.3) is 33.0 Å². The maximum absolute atomic E-state index is 8.48.